The summed E-state index contributed by atoms with van der Waals surface area (Å²) >= 11 is 0. The summed E-state index contributed by atoms with van der Waals surface area (Å²) in [5.41, 5.74) is 0.800. The van der Waals surface area contributed by atoms with E-state index in [4.69, 9.17) is 13.6 Å². The molecule has 9 heteroatoms. The molecule has 1 saturated carbocycles. The first-order chi connectivity index (χ1) is 13.5. The van der Waals surface area contributed by atoms with Crippen LogP contribution < -0.4 is 9.46 Å². The van der Waals surface area contributed by atoms with Crippen molar-refractivity contribution in [1.29, 1.82) is 0 Å². The molecule has 0 bridgehead atoms. The number of sulfonamides is 1. The molecule has 0 unspecified atom stereocenters. The molecule has 28 heavy (non-hydrogen) atoms. The number of furan rings is 1. The molecule has 0 aliphatic heterocycles. The predicted molar refractivity (Wildman–Crippen MR) is 100 cm³/mol. The lowest BCUT2D eigenvalue weighted by Gasteiger charge is -2.05. The van der Waals surface area contributed by atoms with Crippen molar-refractivity contribution in [3.63, 3.8) is 0 Å². The first-order valence-corrected chi connectivity index (χ1v) is 10.6. The molecule has 0 atom stereocenters. The van der Waals surface area contributed by atoms with Gasteiger partial charge in [-0.25, -0.2) is 13.1 Å². The molecule has 1 fully saturated rings. The van der Waals surface area contributed by atoms with Crippen molar-refractivity contribution in [1.82, 2.24) is 14.9 Å². The number of benzene rings is 1. The molecule has 1 aromatic carbocycles. The fourth-order valence-electron chi connectivity index (χ4n) is 3.24. The molecule has 0 spiro atoms. The monoisotopic (exact) mass is 403 g/mol. The smallest absolute Gasteiger partial charge is 0.283 e. The van der Waals surface area contributed by atoms with Gasteiger partial charge in [0.15, 0.2) is 5.76 Å². The number of hydrogen-bond donors (Lipinski definition) is 1. The molecule has 2 aromatic heterocycles. The summed E-state index contributed by atoms with van der Waals surface area (Å²) < 4.78 is 43.7. The van der Waals surface area contributed by atoms with E-state index in [-0.39, 0.29) is 29.2 Å². The molecule has 148 valence electrons. The Morgan fingerprint density at radius 1 is 1.07 bits per heavy atom. The molecular weight excluding hydrogens is 382 g/mol. The molecule has 4 rings (SSSR count). The van der Waals surface area contributed by atoms with Gasteiger partial charge in [-0.1, -0.05) is 25.0 Å². The van der Waals surface area contributed by atoms with Gasteiger partial charge in [0.05, 0.1) is 7.11 Å². The van der Waals surface area contributed by atoms with E-state index < -0.39 is 10.0 Å². The molecule has 3 aromatic rings. The van der Waals surface area contributed by atoms with Crippen LogP contribution in [0.5, 0.6) is 5.75 Å². The van der Waals surface area contributed by atoms with Gasteiger partial charge in [-0.3, -0.25) is 0 Å². The Hall–Kier alpha value is -2.65. The second-order valence-corrected chi connectivity index (χ2v) is 8.42. The number of ether oxygens (including phenoxy) is 1. The molecule has 8 nitrogen and oxygen atoms in total. The average molecular weight is 403 g/mol. The van der Waals surface area contributed by atoms with E-state index in [1.165, 1.54) is 12.1 Å². The van der Waals surface area contributed by atoms with Gasteiger partial charge < -0.3 is 13.6 Å². The average Bonchev–Trinajstić information content (AvgIpc) is 3.47. The number of nitrogens with zero attached hydrogens (tertiary/aromatic N) is 2. The molecule has 0 radical (unpaired) electrons. The van der Waals surface area contributed by atoms with Crippen molar-refractivity contribution < 1.29 is 22.0 Å². The van der Waals surface area contributed by atoms with E-state index in [0.29, 0.717) is 11.6 Å². The van der Waals surface area contributed by atoms with E-state index in [2.05, 4.69) is 14.9 Å². The van der Waals surface area contributed by atoms with Gasteiger partial charge in [-0.15, -0.1) is 10.2 Å². The lowest BCUT2D eigenvalue weighted by Crippen LogP contribution is -2.22. The Bertz CT molecular complexity index is 1030. The van der Waals surface area contributed by atoms with Gasteiger partial charge in [0.2, 0.25) is 11.0 Å². The molecule has 2 heterocycles. The number of methoxy groups -OCH3 is 1. The third kappa shape index (κ3) is 3.95. The largest absolute Gasteiger partial charge is 0.497 e. The van der Waals surface area contributed by atoms with Gasteiger partial charge in [0.25, 0.3) is 15.9 Å². The fraction of sp³-hybridized carbons (Fsp3) is 0.368. The van der Waals surface area contributed by atoms with Crippen molar-refractivity contribution in [3.05, 3.63) is 47.9 Å². The zero-order chi connectivity index (χ0) is 19.6. The van der Waals surface area contributed by atoms with Crippen LogP contribution in [-0.4, -0.2) is 25.7 Å². The molecule has 0 amide bonds. The third-order valence-electron chi connectivity index (χ3n) is 4.83. The zero-order valence-electron chi connectivity index (χ0n) is 15.4. The Kier molecular flexibility index (Phi) is 5.19. The van der Waals surface area contributed by atoms with E-state index in [1.807, 2.05) is 0 Å². The van der Waals surface area contributed by atoms with E-state index in [1.54, 1.807) is 31.4 Å². The Morgan fingerprint density at radius 2 is 1.82 bits per heavy atom. The van der Waals surface area contributed by atoms with Crippen LogP contribution in [0.4, 0.5) is 0 Å². The van der Waals surface area contributed by atoms with Gasteiger partial charge in [-0.05, 0) is 42.7 Å². The van der Waals surface area contributed by atoms with Gasteiger partial charge >= 0.3 is 0 Å². The van der Waals surface area contributed by atoms with Crippen molar-refractivity contribution >= 4 is 10.0 Å². The van der Waals surface area contributed by atoms with E-state index in [9.17, 15) is 8.42 Å². The van der Waals surface area contributed by atoms with E-state index in [0.717, 1.165) is 31.2 Å². The lowest BCUT2D eigenvalue weighted by atomic mass is 10.1. The maximum Gasteiger partial charge on any atom is 0.283 e. The van der Waals surface area contributed by atoms with Gasteiger partial charge in [0, 0.05) is 12.5 Å². The van der Waals surface area contributed by atoms with Gasteiger partial charge in [0.1, 0.15) is 5.75 Å². The molecule has 1 aliphatic rings. The number of hydrogen-bond acceptors (Lipinski definition) is 7. The summed E-state index contributed by atoms with van der Waals surface area (Å²) in [7, 11) is -2.23. The predicted octanol–water partition coefficient (Wildman–Crippen LogP) is 3.47. The van der Waals surface area contributed by atoms with Crippen molar-refractivity contribution in [2.24, 2.45) is 0 Å². The Balaban J connectivity index is 1.44. The third-order valence-corrected chi connectivity index (χ3v) is 6.10. The van der Waals surface area contributed by atoms with Crippen LogP contribution in [-0.2, 0) is 16.6 Å². The summed E-state index contributed by atoms with van der Waals surface area (Å²) in [6, 6.07) is 10.0. The number of nitrogens with one attached hydrogen (secondary N) is 1. The maximum absolute atomic E-state index is 12.5. The topological polar surface area (TPSA) is 107 Å². The SMILES string of the molecule is COc1ccc(CNS(=O)(=O)c2ccc(-c3nnc(C4CCCC4)o3)o2)cc1. The highest BCUT2D eigenvalue weighted by molar-refractivity contribution is 7.89. The summed E-state index contributed by atoms with van der Waals surface area (Å²) in [5.74, 6) is 2.01. The zero-order valence-corrected chi connectivity index (χ0v) is 16.2. The van der Waals surface area contributed by atoms with Crippen LogP contribution in [0, 0.1) is 0 Å². The standard InChI is InChI=1S/C19H21N3O5S/c1-25-15-8-6-13(7-9-15)12-20-28(23,24)17-11-10-16(26-17)19-22-21-18(27-19)14-4-2-3-5-14/h6-11,14,20H,2-5,12H2,1H3. The van der Waals surface area contributed by atoms with Crippen molar-refractivity contribution in [2.75, 3.05) is 7.11 Å². The summed E-state index contributed by atoms with van der Waals surface area (Å²) in [4.78, 5) is 0. The second kappa shape index (κ2) is 7.76. The van der Waals surface area contributed by atoms with Crippen LogP contribution in [0.2, 0.25) is 0 Å². The minimum atomic E-state index is -3.81. The molecule has 1 aliphatic carbocycles. The normalized spacial score (nSPS) is 15.2. The molecule has 0 saturated heterocycles. The van der Waals surface area contributed by atoms with Crippen molar-refractivity contribution in [3.8, 4) is 17.4 Å². The Morgan fingerprint density at radius 3 is 2.54 bits per heavy atom. The van der Waals surface area contributed by atoms with E-state index >= 15 is 0 Å². The first-order valence-electron chi connectivity index (χ1n) is 9.11. The minimum absolute atomic E-state index is 0.134. The Labute approximate surface area is 163 Å². The quantitative estimate of drug-likeness (QED) is 0.643. The van der Waals surface area contributed by atoms with Crippen LogP contribution >= 0.6 is 0 Å². The summed E-state index contributed by atoms with van der Waals surface area (Å²) in [6.45, 7) is 0.134. The molecular formula is C19H21N3O5S. The first kappa shape index (κ1) is 18.7. The highest BCUT2D eigenvalue weighted by Crippen LogP contribution is 2.34. The highest BCUT2D eigenvalue weighted by atomic mass is 32.2. The van der Waals surface area contributed by atoms with Crippen LogP contribution in [0.25, 0.3) is 11.7 Å². The number of rotatable bonds is 7. The number of aromatic nitrogens is 2. The maximum atomic E-state index is 12.5. The molecule has 1 N–H and O–H groups in total. The summed E-state index contributed by atoms with van der Waals surface area (Å²) in [6.07, 6.45) is 4.39. The fourth-order valence-corrected chi connectivity index (χ4v) is 4.19. The van der Waals surface area contributed by atoms with Crippen LogP contribution in [0.15, 0.2) is 50.3 Å². The van der Waals surface area contributed by atoms with Crippen molar-refractivity contribution in [2.45, 2.75) is 43.2 Å². The minimum Gasteiger partial charge on any atom is -0.497 e. The highest BCUT2D eigenvalue weighted by Gasteiger charge is 2.25. The van der Waals surface area contributed by atoms with Crippen LogP contribution in [0.3, 0.4) is 0 Å². The second-order valence-electron chi connectivity index (χ2n) is 6.72. The van der Waals surface area contributed by atoms with Crippen LogP contribution in [0.1, 0.15) is 43.1 Å². The lowest BCUT2D eigenvalue weighted by molar-refractivity contribution is 0.414. The summed E-state index contributed by atoms with van der Waals surface area (Å²) in [5, 5.41) is 7.89. The van der Waals surface area contributed by atoms with Gasteiger partial charge in [-0.2, -0.15) is 0 Å².